The van der Waals surface area contributed by atoms with Crippen molar-refractivity contribution in [2.24, 2.45) is 0 Å². The van der Waals surface area contributed by atoms with Gasteiger partial charge in [-0.3, -0.25) is 0 Å². The number of rotatable bonds is 8. The number of nitriles is 1. The number of esters is 1. The summed E-state index contributed by atoms with van der Waals surface area (Å²) in [6, 6.07) is 19.1. The van der Waals surface area contributed by atoms with Gasteiger partial charge in [0.1, 0.15) is 11.4 Å². The third-order valence-corrected chi connectivity index (χ3v) is 4.63. The van der Waals surface area contributed by atoms with Crippen LogP contribution in [0, 0.1) is 11.3 Å². The highest BCUT2D eigenvalue weighted by molar-refractivity contribution is 6.30. The summed E-state index contributed by atoms with van der Waals surface area (Å²) < 4.78 is 5.21. The fourth-order valence-electron chi connectivity index (χ4n) is 2.95. The summed E-state index contributed by atoms with van der Waals surface area (Å²) in [7, 11) is 0. The Labute approximate surface area is 180 Å². The molecule has 0 saturated carbocycles. The molecule has 0 saturated heterocycles. The van der Waals surface area contributed by atoms with Gasteiger partial charge in [-0.25, -0.2) is 14.8 Å². The molecule has 3 rings (SSSR count). The number of halogens is 1. The van der Waals surface area contributed by atoms with Crippen molar-refractivity contribution >= 4 is 23.4 Å². The molecule has 2 aromatic carbocycles. The maximum Gasteiger partial charge on any atom is 0.343 e. The van der Waals surface area contributed by atoms with E-state index in [1.807, 2.05) is 47.4 Å². The van der Waals surface area contributed by atoms with Crippen molar-refractivity contribution in [1.82, 2.24) is 9.97 Å². The van der Waals surface area contributed by atoms with Gasteiger partial charge >= 0.3 is 5.97 Å². The van der Waals surface area contributed by atoms with E-state index in [1.54, 1.807) is 19.1 Å². The van der Waals surface area contributed by atoms with Gasteiger partial charge < -0.3 is 9.64 Å². The summed E-state index contributed by atoms with van der Waals surface area (Å²) in [4.78, 5) is 23.5. The molecule has 30 heavy (non-hydrogen) atoms. The van der Waals surface area contributed by atoms with Crippen molar-refractivity contribution in [3.63, 3.8) is 0 Å². The number of hydrogen-bond donors (Lipinski definition) is 0. The van der Waals surface area contributed by atoms with Gasteiger partial charge in [0.15, 0.2) is 5.82 Å². The molecular formula is C23H21ClN4O2. The Bertz CT molecular complexity index is 1030. The van der Waals surface area contributed by atoms with Gasteiger partial charge in [0, 0.05) is 29.9 Å². The lowest BCUT2D eigenvalue weighted by atomic mass is 10.1. The lowest BCUT2D eigenvalue weighted by molar-refractivity contribution is 0.0526. The molecule has 0 aliphatic heterocycles. The van der Waals surface area contributed by atoms with Gasteiger partial charge in [0.25, 0.3) is 0 Å². The van der Waals surface area contributed by atoms with Crippen LogP contribution in [0.2, 0.25) is 5.02 Å². The maximum absolute atomic E-state index is 12.6. The quantitative estimate of drug-likeness (QED) is 0.482. The first-order chi connectivity index (χ1) is 14.6. The van der Waals surface area contributed by atoms with E-state index >= 15 is 0 Å². The fraction of sp³-hybridized carbons (Fsp3) is 0.217. The van der Waals surface area contributed by atoms with E-state index in [0.29, 0.717) is 29.8 Å². The topological polar surface area (TPSA) is 79.1 Å². The standard InChI is InChI=1S/C23H21ClN4O2/c1-2-30-23(29)20-15-26-21(18-7-4-3-5-8-18)27-22(20)28(14-6-13-25)16-17-9-11-19(24)12-10-17/h3-5,7-12,15H,2,6,14,16H2,1H3. The molecule has 0 unspecified atom stereocenters. The normalized spacial score (nSPS) is 10.3. The molecule has 7 heteroatoms. The minimum Gasteiger partial charge on any atom is -0.462 e. The Hall–Kier alpha value is -3.43. The Morgan fingerprint density at radius 3 is 2.57 bits per heavy atom. The summed E-state index contributed by atoms with van der Waals surface area (Å²) in [5.41, 5.74) is 2.08. The van der Waals surface area contributed by atoms with E-state index in [4.69, 9.17) is 26.6 Å². The van der Waals surface area contributed by atoms with Crippen LogP contribution in [0.15, 0.2) is 60.8 Å². The zero-order valence-corrected chi connectivity index (χ0v) is 17.3. The molecule has 0 aliphatic rings. The minimum absolute atomic E-state index is 0.244. The average Bonchev–Trinajstić information content (AvgIpc) is 2.78. The molecular weight excluding hydrogens is 400 g/mol. The van der Waals surface area contributed by atoms with Gasteiger partial charge in [-0.2, -0.15) is 5.26 Å². The second kappa shape index (κ2) is 10.4. The highest BCUT2D eigenvalue weighted by Crippen LogP contribution is 2.25. The van der Waals surface area contributed by atoms with Crippen LogP contribution >= 0.6 is 11.6 Å². The van der Waals surface area contributed by atoms with E-state index < -0.39 is 5.97 Å². The molecule has 0 spiro atoms. The van der Waals surface area contributed by atoms with Crippen molar-refractivity contribution < 1.29 is 9.53 Å². The molecule has 0 atom stereocenters. The number of benzene rings is 2. The van der Waals surface area contributed by atoms with Crippen LogP contribution < -0.4 is 4.90 Å². The Kier molecular flexibility index (Phi) is 7.36. The molecule has 0 fully saturated rings. The highest BCUT2D eigenvalue weighted by atomic mass is 35.5. The molecule has 1 aromatic heterocycles. The van der Waals surface area contributed by atoms with Crippen LogP contribution in [0.3, 0.4) is 0 Å². The molecule has 0 radical (unpaired) electrons. The smallest absolute Gasteiger partial charge is 0.343 e. The second-order valence-corrected chi connectivity index (χ2v) is 6.91. The van der Waals surface area contributed by atoms with Crippen LogP contribution in [0.1, 0.15) is 29.3 Å². The van der Waals surface area contributed by atoms with Crippen LogP contribution in [0.25, 0.3) is 11.4 Å². The number of hydrogen-bond acceptors (Lipinski definition) is 6. The van der Waals surface area contributed by atoms with Gasteiger partial charge in [-0.15, -0.1) is 0 Å². The van der Waals surface area contributed by atoms with Crippen molar-refractivity contribution in [2.75, 3.05) is 18.1 Å². The first-order valence-corrected chi connectivity index (χ1v) is 9.96. The van der Waals surface area contributed by atoms with Crippen LogP contribution in [-0.4, -0.2) is 29.1 Å². The van der Waals surface area contributed by atoms with Gasteiger partial charge in [-0.05, 0) is 24.6 Å². The number of carbonyl (C=O) groups is 1. The third kappa shape index (κ3) is 5.34. The monoisotopic (exact) mass is 420 g/mol. The lowest BCUT2D eigenvalue weighted by Crippen LogP contribution is -2.27. The third-order valence-electron chi connectivity index (χ3n) is 4.38. The van der Waals surface area contributed by atoms with Gasteiger partial charge in [0.2, 0.25) is 0 Å². The largest absolute Gasteiger partial charge is 0.462 e. The first kappa shape index (κ1) is 21.3. The molecule has 3 aromatic rings. The predicted molar refractivity (Wildman–Crippen MR) is 116 cm³/mol. The Morgan fingerprint density at radius 2 is 1.90 bits per heavy atom. The highest BCUT2D eigenvalue weighted by Gasteiger charge is 2.22. The SMILES string of the molecule is CCOC(=O)c1cnc(-c2ccccc2)nc1N(CCC#N)Cc1ccc(Cl)cc1. The molecule has 152 valence electrons. The van der Waals surface area contributed by atoms with E-state index in [9.17, 15) is 4.79 Å². The number of ether oxygens (including phenoxy) is 1. The Morgan fingerprint density at radius 1 is 1.17 bits per heavy atom. The Balaban J connectivity index is 2.06. The zero-order valence-electron chi connectivity index (χ0n) is 16.6. The molecule has 0 bridgehead atoms. The average molecular weight is 421 g/mol. The summed E-state index contributed by atoms with van der Waals surface area (Å²) in [5, 5.41) is 9.78. The zero-order chi connectivity index (χ0) is 21.3. The molecule has 1 heterocycles. The molecule has 6 nitrogen and oxygen atoms in total. The summed E-state index contributed by atoms with van der Waals surface area (Å²) in [5.74, 6) is 0.439. The summed E-state index contributed by atoms with van der Waals surface area (Å²) >= 11 is 6.00. The predicted octanol–water partition coefficient (Wildman–Crippen LogP) is 4.89. The van der Waals surface area contributed by atoms with Crippen LogP contribution in [-0.2, 0) is 11.3 Å². The van der Waals surface area contributed by atoms with Crippen LogP contribution in [0.4, 0.5) is 5.82 Å². The van der Waals surface area contributed by atoms with Gasteiger partial charge in [-0.1, -0.05) is 54.1 Å². The fourth-order valence-corrected chi connectivity index (χ4v) is 3.07. The van der Waals surface area contributed by atoms with Crippen molar-refractivity contribution in [2.45, 2.75) is 19.9 Å². The van der Waals surface area contributed by atoms with Crippen molar-refractivity contribution in [1.29, 1.82) is 5.26 Å². The van der Waals surface area contributed by atoms with Crippen molar-refractivity contribution in [3.05, 3.63) is 76.9 Å². The molecule has 0 amide bonds. The van der Waals surface area contributed by atoms with E-state index in [1.165, 1.54) is 6.20 Å². The summed E-state index contributed by atoms with van der Waals surface area (Å²) in [6.45, 7) is 2.85. The van der Waals surface area contributed by atoms with Gasteiger partial charge in [0.05, 0.1) is 19.1 Å². The van der Waals surface area contributed by atoms with E-state index in [-0.39, 0.29) is 18.6 Å². The lowest BCUT2D eigenvalue weighted by Gasteiger charge is -2.25. The van der Waals surface area contributed by atoms with E-state index in [0.717, 1.165) is 11.1 Å². The van der Waals surface area contributed by atoms with Crippen LogP contribution in [0.5, 0.6) is 0 Å². The van der Waals surface area contributed by atoms with E-state index in [2.05, 4.69) is 11.1 Å². The number of aromatic nitrogens is 2. The second-order valence-electron chi connectivity index (χ2n) is 6.47. The first-order valence-electron chi connectivity index (χ1n) is 9.58. The summed E-state index contributed by atoms with van der Waals surface area (Å²) in [6.07, 6.45) is 1.77. The van der Waals surface area contributed by atoms with Crippen molar-refractivity contribution in [3.8, 4) is 17.5 Å². The molecule has 0 N–H and O–H groups in total. The number of nitrogens with zero attached hydrogens (tertiary/aromatic N) is 4. The number of carbonyl (C=O) groups excluding carboxylic acids is 1. The number of anilines is 1. The maximum atomic E-state index is 12.6. The minimum atomic E-state index is -0.495. The molecule has 0 aliphatic carbocycles.